The molecule has 7 heteroatoms. The van der Waals surface area contributed by atoms with E-state index < -0.39 is 0 Å². The van der Waals surface area contributed by atoms with E-state index in [1.54, 1.807) is 40.9 Å². The Morgan fingerprint density at radius 3 is 2.57 bits per heavy atom. The largest absolute Gasteiger partial charge is 0.336 e. The molecule has 2 rings (SSSR count). The van der Waals surface area contributed by atoms with Gasteiger partial charge in [0, 0.05) is 31.5 Å². The number of carbonyl (C=O) groups is 2. The standard InChI is InChI=1S/C16H17BrN4O2/c1-4-15(22)18-12-7-5-11(6-8-12)16(23)20(2)10-14-13(17)9-21(3)19-14/h4-9H,1,10H2,2-3H3,(H,18,22). The highest BCUT2D eigenvalue weighted by atomic mass is 79.9. The summed E-state index contributed by atoms with van der Waals surface area (Å²) in [5.41, 5.74) is 1.94. The molecule has 0 aliphatic heterocycles. The monoisotopic (exact) mass is 376 g/mol. The molecule has 0 atom stereocenters. The maximum Gasteiger partial charge on any atom is 0.253 e. The van der Waals surface area contributed by atoms with Gasteiger partial charge in [-0.2, -0.15) is 5.10 Å². The summed E-state index contributed by atoms with van der Waals surface area (Å²) in [4.78, 5) is 25.2. The van der Waals surface area contributed by atoms with Crippen molar-refractivity contribution in [3.8, 4) is 0 Å². The fourth-order valence-corrected chi connectivity index (χ4v) is 2.52. The molecule has 1 heterocycles. The van der Waals surface area contributed by atoms with Crippen molar-refractivity contribution >= 4 is 33.4 Å². The molecule has 120 valence electrons. The van der Waals surface area contributed by atoms with Crippen LogP contribution in [0.5, 0.6) is 0 Å². The molecule has 1 N–H and O–H groups in total. The number of carbonyl (C=O) groups excluding carboxylic acids is 2. The highest BCUT2D eigenvalue weighted by molar-refractivity contribution is 9.10. The highest BCUT2D eigenvalue weighted by Crippen LogP contribution is 2.17. The van der Waals surface area contributed by atoms with E-state index in [-0.39, 0.29) is 11.8 Å². The Morgan fingerprint density at radius 2 is 2.04 bits per heavy atom. The minimum atomic E-state index is -0.291. The summed E-state index contributed by atoms with van der Waals surface area (Å²) in [7, 11) is 3.54. The molecule has 0 aliphatic rings. The molecule has 0 saturated carbocycles. The summed E-state index contributed by atoms with van der Waals surface area (Å²) >= 11 is 3.42. The van der Waals surface area contributed by atoms with Crippen LogP contribution in [-0.4, -0.2) is 33.5 Å². The van der Waals surface area contributed by atoms with Crippen molar-refractivity contribution in [2.45, 2.75) is 6.54 Å². The number of anilines is 1. The molecule has 23 heavy (non-hydrogen) atoms. The summed E-state index contributed by atoms with van der Waals surface area (Å²) < 4.78 is 2.55. The molecule has 0 radical (unpaired) electrons. The molecule has 6 nitrogen and oxygen atoms in total. The molecule has 0 bridgehead atoms. The van der Waals surface area contributed by atoms with Gasteiger partial charge in [0.1, 0.15) is 0 Å². The first-order chi connectivity index (χ1) is 10.9. The van der Waals surface area contributed by atoms with Gasteiger partial charge in [0.25, 0.3) is 5.91 Å². The van der Waals surface area contributed by atoms with Crippen molar-refractivity contribution in [3.63, 3.8) is 0 Å². The molecule has 2 amide bonds. The molecule has 0 unspecified atom stereocenters. The number of hydrogen-bond donors (Lipinski definition) is 1. The lowest BCUT2D eigenvalue weighted by Gasteiger charge is -2.16. The molecule has 2 aromatic rings. The maximum absolute atomic E-state index is 12.4. The number of aromatic nitrogens is 2. The molecule has 0 fully saturated rings. The smallest absolute Gasteiger partial charge is 0.253 e. The Balaban J connectivity index is 2.05. The second kappa shape index (κ2) is 7.23. The molecular formula is C16H17BrN4O2. The molecule has 0 aliphatic carbocycles. The summed E-state index contributed by atoms with van der Waals surface area (Å²) in [5, 5.41) is 6.94. The van der Waals surface area contributed by atoms with E-state index in [1.165, 1.54) is 6.08 Å². The topological polar surface area (TPSA) is 67.2 Å². The highest BCUT2D eigenvalue weighted by Gasteiger charge is 2.15. The zero-order chi connectivity index (χ0) is 17.0. The van der Waals surface area contributed by atoms with Crippen LogP contribution in [0.4, 0.5) is 5.69 Å². The number of hydrogen-bond acceptors (Lipinski definition) is 3. The van der Waals surface area contributed by atoms with Crippen LogP contribution < -0.4 is 5.32 Å². The van der Waals surface area contributed by atoms with Gasteiger partial charge in [-0.05, 0) is 46.3 Å². The minimum absolute atomic E-state index is 0.121. The Bertz CT molecular complexity index is 737. The Kier molecular flexibility index (Phi) is 5.33. The van der Waals surface area contributed by atoms with Crippen LogP contribution in [0.1, 0.15) is 16.1 Å². The van der Waals surface area contributed by atoms with E-state index in [0.717, 1.165) is 10.2 Å². The van der Waals surface area contributed by atoms with Crippen molar-refractivity contribution < 1.29 is 9.59 Å². The van der Waals surface area contributed by atoms with Crippen LogP contribution in [0.25, 0.3) is 0 Å². The lowest BCUT2D eigenvalue weighted by molar-refractivity contribution is -0.111. The molecule has 1 aromatic carbocycles. The summed E-state index contributed by atoms with van der Waals surface area (Å²) in [6.45, 7) is 3.79. The Morgan fingerprint density at radius 1 is 1.39 bits per heavy atom. The maximum atomic E-state index is 12.4. The zero-order valence-corrected chi connectivity index (χ0v) is 14.5. The van der Waals surface area contributed by atoms with Crippen LogP contribution in [0.15, 0.2) is 47.6 Å². The summed E-state index contributed by atoms with van der Waals surface area (Å²) in [5.74, 6) is -0.412. The fraction of sp³-hybridized carbons (Fsp3) is 0.188. The number of halogens is 1. The van der Waals surface area contributed by atoms with Gasteiger partial charge < -0.3 is 10.2 Å². The van der Waals surface area contributed by atoms with Crippen molar-refractivity contribution in [1.29, 1.82) is 0 Å². The van der Waals surface area contributed by atoms with Gasteiger partial charge in [0.15, 0.2) is 0 Å². The third-order valence-corrected chi connectivity index (χ3v) is 3.84. The summed E-state index contributed by atoms with van der Waals surface area (Å²) in [6, 6.07) is 6.70. The number of amides is 2. The van der Waals surface area contributed by atoms with E-state index in [4.69, 9.17) is 0 Å². The lowest BCUT2D eigenvalue weighted by atomic mass is 10.2. The number of benzene rings is 1. The molecule has 0 spiro atoms. The van der Waals surface area contributed by atoms with Crippen LogP contribution in [0, 0.1) is 0 Å². The van der Waals surface area contributed by atoms with Gasteiger partial charge in [-0.25, -0.2) is 0 Å². The molecule has 1 aromatic heterocycles. The van der Waals surface area contributed by atoms with Gasteiger partial charge in [0.05, 0.1) is 16.7 Å². The quantitative estimate of drug-likeness (QED) is 0.815. The third kappa shape index (κ3) is 4.29. The predicted molar refractivity (Wildman–Crippen MR) is 92.0 cm³/mol. The van der Waals surface area contributed by atoms with Crippen molar-refractivity contribution in [2.24, 2.45) is 7.05 Å². The van der Waals surface area contributed by atoms with Crippen LogP contribution in [0.3, 0.4) is 0 Å². The average Bonchev–Trinajstić information content (AvgIpc) is 2.84. The first-order valence-corrected chi connectivity index (χ1v) is 7.67. The van der Waals surface area contributed by atoms with E-state index in [1.807, 2.05) is 13.2 Å². The minimum Gasteiger partial charge on any atom is -0.336 e. The van der Waals surface area contributed by atoms with Crippen LogP contribution in [0.2, 0.25) is 0 Å². The second-order valence-corrected chi connectivity index (χ2v) is 5.88. The molecular weight excluding hydrogens is 360 g/mol. The Hall–Kier alpha value is -2.41. The fourth-order valence-electron chi connectivity index (χ4n) is 2.02. The Labute approximate surface area is 142 Å². The van der Waals surface area contributed by atoms with E-state index >= 15 is 0 Å². The summed E-state index contributed by atoms with van der Waals surface area (Å²) in [6.07, 6.45) is 3.03. The SMILES string of the molecule is C=CC(=O)Nc1ccc(C(=O)N(C)Cc2nn(C)cc2Br)cc1. The molecule has 0 saturated heterocycles. The van der Waals surface area contributed by atoms with E-state index in [9.17, 15) is 9.59 Å². The van der Waals surface area contributed by atoms with Crippen molar-refractivity contribution in [2.75, 3.05) is 12.4 Å². The normalized spacial score (nSPS) is 10.2. The second-order valence-electron chi connectivity index (χ2n) is 5.03. The predicted octanol–water partition coefficient (Wildman–Crippen LogP) is 2.58. The van der Waals surface area contributed by atoms with Gasteiger partial charge in [-0.1, -0.05) is 6.58 Å². The van der Waals surface area contributed by atoms with Crippen molar-refractivity contribution in [1.82, 2.24) is 14.7 Å². The average molecular weight is 377 g/mol. The van der Waals surface area contributed by atoms with Gasteiger partial charge >= 0.3 is 0 Å². The third-order valence-electron chi connectivity index (χ3n) is 3.17. The number of nitrogens with one attached hydrogen (secondary N) is 1. The lowest BCUT2D eigenvalue weighted by Crippen LogP contribution is -2.26. The number of aryl methyl sites for hydroxylation is 1. The zero-order valence-electron chi connectivity index (χ0n) is 12.9. The number of rotatable bonds is 5. The van der Waals surface area contributed by atoms with Gasteiger partial charge in [0.2, 0.25) is 5.91 Å². The van der Waals surface area contributed by atoms with Crippen LogP contribution >= 0.6 is 15.9 Å². The first-order valence-electron chi connectivity index (χ1n) is 6.87. The first kappa shape index (κ1) is 17.0. The van der Waals surface area contributed by atoms with Crippen molar-refractivity contribution in [3.05, 3.63) is 58.8 Å². The van der Waals surface area contributed by atoms with E-state index in [0.29, 0.717) is 17.8 Å². The number of nitrogens with zero attached hydrogens (tertiary/aromatic N) is 3. The van der Waals surface area contributed by atoms with Gasteiger partial charge in [-0.3, -0.25) is 14.3 Å². The van der Waals surface area contributed by atoms with Gasteiger partial charge in [-0.15, -0.1) is 0 Å². The van der Waals surface area contributed by atoms with Crippen LogP contribution in [-0.2, 0) is 18.4 Å². The van der Waals surface area contributed by atoms with E-state index in [2.05, 4.69) is 32.9 Å².